The van der Waals surface area contributed by atoms with Crippen LogP contribution in [0, 0.1) is 12.8 Å². The lowest BCUT2D eigenvalue weighted by molar-refractivity contribution is -0.137. The molecule has 1 aliphatic rings. The lowest BCUT2D eigenvalue weighted by Crippen LogP contribution is -2.51. The highest BCUT2D eigenvalue weighted by molar-refractivity contribution is 5.99. The number of carbonyl (C=O) groups excluding carboxylic acids is 1. The Morgan fingerprint density at radius 1 is 1.21 bits per heavy atom. The van der Waals surface area contributed by atoms with Gasteiger partial charge in [0, 0.05) is 49.4 Å². The number of halogens is 3. The van der Waals surface area contributed by atoms with E-state index in [4.69, 9.17) is 0 Å². The summed E-state index contributed by atoms with van der Waals surface area (Å²) in [5.74, 6) is 0.371. The van der Waals surface area contributed by atoms with E-state index in [1.165, 1.54) is 6.07 Å². The van der Waals surface area contributed by atoms with E-state index in [-0.39, 0.29) is 17.9 Å². The molecule has 0 aliphatic carbocycles. The van der Waals surface area contributed by atoms with Gasteiger partial charge in [0.25, 0.3) is 5.91 Å². The smallest absolute Gasteiger partial charge is 0.368 e. The monoisotopic (exact) mass is 472 g/mol. The van der Waals surface area contributed by atoms with Gasteiger partial charge in [0.05, 0.1) is 17.8 Å². The average molecular weight is 473 g/mol. The molecule has 3 aromatic heterocycles. The van der Waals surface area contributed by atoms with Crippen LogP contribution in [0.4, 0.5) is 19.0 Å². The second kappa shape index (κ2) is 9.44. The van der Waals surface area contributed by atoms with Crippen LogP contribution in [0.25, 0.3) is 11.1 Å². The van der Waals surface area contributed by atoms with Crippen LogP contribution in [0.3, 0.4) is 0 Å². The van der Waals surface area contributed by atoms with E-state index in [1.54, 1.807) is 10.9 Å². The highest BCUT2D eigenvalue weighted by atomic mass is 19.4. The number of nitrogens with zero attached hydrogens (tertiary/aromatic N) is 5. The summed E-state index contributed by atoms with van der Waals surface area (Å²) in [5.41, 5.74) is 1.85. The van der Waals surface area contributed by atoms with E-state index in [0.717, 1.165) is 41.9 Å². The molecule has 4 heterocycles. The molecular formula is C24H27F3N6O. The molecule has 7 nitrogen and oxygen atoms in total. The number of piperidine rings is 1. The lowest BCUT2D eigenvalue weighted by Gasteiger charge is -2.40. The molecule has 0 saturated carbocycles. The number of amides is 1. The lowest BCUT2D eigenvalue weighted by atomic mass is 9.90. The predicted molar refractivity (Wildman–Crippen MR) is 122 cm³/mol. The number of likely N-dealkylation sites (tertiary alicyclic amines) is 1. The highest BCUT2D eigenvalue weighted by Gasteiger charge is 2.34. The Morgan fingerprint density at radius 2 is 2.00 bits per heavy atom. The standard InChI is InChI=1S/C24H27F3N6O/c1-15-5-4-10-33(20(15)13-29-21-9-7-18(12-28-21)24(25,26)27)23(34)22-19(8-6-16(2)31-22)17-11-30-32(3)14-17/h6-9,11-12,14-15,20H,4-5,10,13H2,1-3H3,(H,28,29)/t15?,20-/m1/s1. The van der Waals surface area contributed by atoms with Crippen LogP contribution in [-0.4, -0.2) is 49.7 Å². The van der Waals surface area contributed by atoms with Crippen molar-refractivity contribution in [2.24, 2.45) is 13.0 Å². The third-order valence-corrected chi connectivity index (χ3v) is 6.21. The van der Waals surface area contributed by atoms with E-state index in [1.807, 2.05) is 37.2 Å². The number of hydrogen-bond donors (Lipinski definition) is 1. The van der Waals surface area contributed by atoms with Crippen LogP contribution >= 0.6 is 0 Å². The molecule has 0 bridgehead atoms. The first kappa shape index (κ1) is 23.7. The summed E-state index contributed by atoms with van der Waals surface area (Å²) in [6, 6.07) is 5.91. The van der Waals surface area contributed by atoms with Gasteiger partial charge in [0.1, 0.15) is 11.5 Å². The molecule has 1 aliphatic heterocycles. The molecule has 0 aromatic carbocycles. The maximum atomic E-state index is 13.7. The van der Waals surface area contributed by atoms with Crippen LogP contribution in [0.1, 0.15) is 41.5 Å². The number of aromatic nitrogens is 4. The minimum Gasteiger partial charge on any atom is -0.368 e. The molecule has 3 aromatic rings. The van der Waals surface area contributed by atoms with Crippen LogP contribution in [0.2, 0.25) is 0 Å². The van der Waals surface area contributed by atoms with Gasteiger partial charge in [0.15, 0.2) is 0 Å². The fourth-order valence-electron chi connectivity index (χ4n) is 4.34. The molecule has 34 heavy (non-hydrogen) atoms. The molecule has 1 amide bonds. The van der Waals surface area contributed by atoms with Gasteiger partial charge in [0.2, 0.25) is 0 Å². The number of carbonyl (C=O) groups is 1. The van der Waals surface area contributed by atoms with Crippen molar-refractivity contribution >= 4 is 11.7 Å². The molecule has 1 fully saturated rings. The molecule has 0 radical (unpaired) electrons. The number of aryl methyl sites for hydroxylation is 2. The molecule has 180 valence electrons. The Morgan fingerprint density at radius 3 is 2.65 bits per heavy atom. The Bertz CT molecular complexity index is 1160. The van der Waals surface area contributed by atoms with Crippen molar-refractivity contribution in [1.29, 1.82) is 0 Å². The number of nitrogens with one attached hydrogen (secondary N) is 1. The zero-order valence-corrected chi connectivity index (χ0v) is 19.3. The van der Waals surface area contributed by atoms with E-state index in [2.05, 4.69) is 27.3 Å². The zero-order chi connectivity index (χ0) is 24.5. The van der Waals surface area contributed by atoms with Gasteiger partial charge in [-0.25, -0.2) is 9.97 Å². The van der Waals surface area contributed by atoms with Gasteiger partial charge < -0.3 is 10.2 Å². The second-order valence-electron chi connectivity index (χ2n) is 8.75. The fraction of sp³-hybridized carbons (Fsp3) is 0.417. The summed E-state index contributed by atoms with van der Waals surface area (Å²) in [5, 5.41) is 7.33. The first-order chi connectivity index (χ1) is 16.1. The average Bonchev–Trinajstić information content (AvgIpc) is 3.23. The second-order valence-corrected chi connectivity index (χ2v) is 8.75. The summed E-state index contributed by atoms with van der Waals surface area (Å²) in [7, 11) is 1.82. The van der Waals surface area contributed by atoms with Crippen LogP contribution < -0.4 is 5.32 Å². The van der Waals surface area contributed by atoms with Gasteiger partial charge in [-0.3, -0.25) is 9.48 Å². The minimum absolute atomic E-state index is 0.158. The van der Waals surface area contributed by atoms with Gasteiger partial charge in [-0.1, -0.05) is 13.0 Å². The van der Waals surface area contributed by atoms with Crippen molar-refractivity contribution in [3.8, 4) is 11.1 Å². The van der Waals surface area contributed by atoms with E-state index in [0.29, 0.717) is 24.6 Å². The first-order valence-corrected chi connectivity index (χ1v) is 11.2. The molecule has 0 spiro atoms. The maximum absolute atomic E-state index is 13.7. The number of hydrogen-bond acceptors (Lipinski definition) is 5. The fourth-order valence-corrected chi connectivity index (χ4v) is 4.34. The van der Waals surface area contributed by atoms with Crippen molar-refractivity contribution in [2.45, 2.75) is 38.9 Å². The van der Waals surface area contributed by atoms with Crippen LogP contribution in [0.15, 0.2) is 42.9 Å². The zero-order valence-electron chi connectivity index (χ0n) is 19.3. The van der Waals surface area contributed by atoms with Crippen molar-refractivity contribution in [3.05, 3.63) is 59.8 Å². The normalized spacial score (nSPS) is 18.7. The Balaban J connectivity index is 1.57. The maximum Gasteiger partial charge on any atom is 0.417 e. The van der Waals surface area contributed by atoms with Crippen molar-refractivity contribution in [1.82, 2.24) is 24.6 Å². The van der Waals surface area contributed by atoms with Gasteiger partial charge in [-0.2, -0.15) is 18.3 Å². The minimum atomic E-state index is -4.43. The Kier molecular flexibility index (Phi) is 6.58. The summed E-state index contributed by atoms with van der Waals surface area (Å²) < 4.78 is 40.1. The van der Waals surface area contributed by atoms with Crippen molar-refractivity contribution in [2.75, 3.05) is 18.4 Å². The van der Waals surface area contributed by atoms with Crippen molar-refractivity contribution < 1.29 is 18.0 Å². The quantitative estimate of drug-likeness (QED) is 0.589. The summed E-state index contributed by atoms with van der Waals surface area (Å²) in [6.07, 6.45) is 1.75. The summed E-state index contributed by atoms with van der Waals surface area (Å²) >= 11 is 0. The molecule has 1 unspecified atom stereocenters. The first-order valence-electron chi connectivity index (χ1n) is 11.2. The third-order valence-electron chi connectivity index (χ3n) is 6.21. The summed E-state index contributed by atoms with van der Waals surface area (Å²) in [4.78, 5) is 24.0. The Hall–Kier alpha value is -3.43. The Labute approximate surface area is 196 Å². The number of rotatable bonds is 5. The topological polar surface area (TPSA) is 75.9 Å². The largest absolute Gasteiger partial charge is 0.417 e. The summed E-state index contributed by atoms with van der Waals surface area (Å²) in [6.45, 7) is 4.88. The number of anilines is 1. The van der Waals surface area contributed by atoms with E-state index >= 15 is 0 Å². The molecule has 10 heteroatoms. The van der Waals surface area contributed by atoms with Gasteiger partial charge in [-0.15, -0.1) is 0 Å². The molecular weight excluding hydrogens is 445 g/mol. The predicted octanol–water partition coefficient (Wildman–Crippen LogP) is 4.56. The highest BCUT2D eigenvalue weighted by Crippen LogP contribution is 2.30. The molecule has 4 rings (SSSR count). The van der Waals surface area contributed by atoms with E-state index in [9.17, 15) is 18.0 Å². The number of pyridine rings is 2. The van der Waals surface area contributed by atoms with E-state index < -0.39 is 11.7 Å². The van der Waals surface area contributed by atoms with Gasteiger partial charge >= 0.3 is 6.18 Å². The molecule has 1 N–H and O–H groups in total. The van der Waals surface area contributed by atoms with Crippen LogP contribution in [-0.2, 0) is 13.2 Å². The molecule has 2 atom stereocenters. The van der Waals surface area contributed by atoms with Crippen molar-refractivity contribution in [3.63, 3.8) is 0 Å². The van der Waals surface area contributed by atoms with Gasteiger partial charge in [-0.05, 0) is 43.9 Å². The third kappa shape index (κ3) is 5.05. The molecule has 1 saturated heterocycles. The van der Waals surface area contributed by atoms with Crippen LogP contribution in [0.5, 0.6) is 0 Å². The number of alkyl halides is 3. The SMILES string of the molecule is Cc1ccc(-c2cnn(C)c2)c(C(=O)N2CCCC(C)[C@H]2CNc2ccc(C(F)(F)F)cn2)n1.